The van der Waals surface area contributed by atoms with E-state index >= 15 is 0 Å². The molecule has 0 aliphatic carbocycles. The van der Waals surface area contributed by atoms with Gasteiger partial charge in [-0.1, -0.05) is 6.07 Å². The highest BCUT2D eigenvalue weighted by Gasteiger charge is 2.26. The van der Waals surface area contributed by atoms with Crippen molar-refractivity contribution < 1.29 is 14.3 Å². The molecule has 0 N–H and O–H groups in total. The minimum Gasteiger partial charge on any atom is -0.480 e. The van der Waals surface area contributed by atoms with Gasteiger partial charge in [0.2, 0.25) is 17.7 Å². The maximum atomic E-state index is 12.2. The Labute approximate surface area is 138 Å². The third-order valence-electron chi connectivity index (χ3n) is 3.48. The van der Waals surface area contributed by atoms with Gasteiger partial charge < -0.3 is 14.4 Å². The standard InChI is InChI=1S/C16H17N3O3S/c1-21-14-9-17-10-15(18-14)22-12-6-7-19(11-12)16(20)5-4-13-3-2-8-23-13/h2-5,8-10,12H,6-7,11H2,1H3/b5-4+. The summed E-state index contributed by atoms with van der Waals surface area (Å²) in [7, 11) is 1.53. The lowest BCUT2D eigenvalue weighted by Gasteiger charge is -2.15. The van der Waals surface area contributed by atoms with Gasteiger partial charge in [0.15, 0.2) is 0 Å². The van der Waals surface area contributed by atoms with Gasteiger partial charge in [-0.15, -0.1) is 11.3 Å². The fourth-order valence-electron chi connectivity index (χ4n) is 2.33. The van der Waals surface area contributed by atoms with E-state index in [2.05, 4.69) is 9.97 Å². The molecule has 0 radical (unpaired) electrons. The Morgan fingerprint density at radius 3 is 3.09 bits per heavy atom. The summed E-state index contributed by atoms with van der Waals surface area (Å²) in [5, 5.41) is 1.99. The van der Waals surface area contributed by atoms with E-state index in [4.69, 9.17) is 9.47 Å². The molecule has 0 saturated carbocycles. The van der Waals surface area contributed by atoms with E-state index in [0.29, 0.717) is 24.8 Å². The predicted octanol–water partition coefficient (Wildman–Crippen LogP) is 2.24. The van der Waals surface area contributed by atoms with Gasteiger partial charge in [0, 0.05) is 23.9 Å². The average molecular weight is 331 g/mol. The zero-order valence-electron chi connectivity index (χ0n) is 12.7. The fraction of sp³-hybridized carbons (Fsp3) is 0.312. The number of rotatable bonds is 5. The molecule has 3 heterocycles. The molecule has 0 bridgehead atoms. The molecule has 23 heavy (non-hydrogen) atoms. The first-order valence-electron chi connectivity index (χ1n) is 7.28. The van der Waals surface area contributed by atoms with E-state index in [9.17, 15) is 4.79 Å². The third kappa shape index (κ3) is 4.07. The summed E-state index contributed by atoms with van der Waals surface area (Å²) in [5.41, 5.74) is 0. The lowest BCUT2D eigenvalue weighted by molar-refractivity contribution is -0.125. The maximum Gasteiger partial charge on any atom is 0.246 e. The summed E-state index contributed by atoms with van der Waals surface area (Å²) in [5.74, 6) is 0.825. The average Bonchev–Trinajstić information content (AvgIpc) is 3.24. The number of hydrogen-bond donors (Lipinski definition) is 0. The van der Waals surface area contributed by atoms with E-state index in [0.717, 1.165) is 11.3 Å². The third-order valence-corrected chi connectivity index (χ3v) is 4.31. The van der Waals surface area contributed by atoms with Gasteiger partial charge in [-0.05, 0) is 17.5 Å². The number of amides is 1. The number of thiophene rings is 1. The summed E-state index contributed by atoms with van der Waals surface area (Å²) in [6.07, 6.45) is 7.22. The van der Waals surface area contributed by atoms with E-state index in [1.54, 1.807) is 28.5 Å². The minimum absolute atomic E-state index is 0.00114. The van der Waals surface area contributed by atoms with Crippen LogP contribution in [0.25, 0.3) is 6.08 Å². The van der Waals surface area contributed by atoms with Crippen molar-refractivity contribution in [3.8, 4) is 11.8 Å². The van der Waals surface area contributed by atoms with Crippen LogP contribution in [0.4, 0.5) is 0 Å². The second kappa shape index (κ2) is 7.23. The van der Waals surface area contributed by atoms with Crippen LogP contribution in [0.1, 0.15) is 11.3 Å². The van der Waals surface area contributed by atoms with Crippen molar-refractivity contribution >= 4 is 23.3 Å². The number of likely N-dealkylation sites (tertiary alicyclic amines) is 1. The Bertz CT molecular complexity index is 688. The lowest BCUT2D eigenvalue weighted by atomic mass is 10.3. The van der Waals surface area contributed by atoms with E-state index in [1.165, 1.54) is 13.3 Å². The molecule has 1 unspecified atom stereocenters. The summed E-state index contributed by atoms with van der Waals surface area (Å²) >= 11 is 1.60. The minimum atomic E-state index is -0.0736. The van der Waals surface area contributed by atoms with Crippen molar-refractivity contribution in [1.29, 1.82) is 0 Å². The van der Waals surface area contributed by atoms with Crippen LogP contribution in [0.5, 0.6) is 11.8 Å². The molecule has 7 heteroatoms. The van der Waals surface area contributed by atoms with E-state index < -0.39 is 0 Å². The van der Waals surface area contributed by atoms with E-state index in [-0.39, 0.29) is 12.0 Å². The number of methoxy groups -OCH3 is 1. The van der Waals surface area contributed by atoms with Gasteiger partial charge in [-0.25, -0.2) is 0 Å². The van der Waals surface area contributed by atoms with Gasteiger partial charge in [-0.3, -0.25) is 9.78 Å². The number of carbonyl (C=O) groups excluding carboxylic acids is 1. The SMILES string of the molecule is COc1cncc(OC2CCN(C(=O)/C=C/c3cccs3)C2)n1. The van der Waals surface area contributed by atoms with Crippen LogP contribution >= 0.6 is 11.3 Å². The van der Waals surface area contributed by atoms with Gasteiger partial charge in [0.25, 0.3) is 0 Å². The van der Waals surface area contributed by atoms with E-state index in [1.807, 2.05) is 23.6 Å². The fourth-order valence-corrected chi connectivity index (χ4v) is 2.94. The molecule has 1 fully saturated rings. The lowest BCUT2D eigenvalue weighted by Crippen LogP contribution is -2.29. The molecule has 0 spiro atoms. The number of hydrogen-bond acceptors (Lipinski definition) is 6. The van der Waals surface area contributed by atoms with Crippen LogP contribution < -0.4 is 9.47 Å². The predicted molar refractivity (Wildman–Crippen MR) is 87.6 cm³/mol. The number of carbonyl (C=O) groups is 1. The molecule has 1 atom stereocenters. The zero-order valence-corrected chi connectivity index (χ0v) is 13.5. The first-order valence-corrected chi connectivity index (χ1v) is 8.16. The molecular formula is C16H17N3O3S. The Kier molecular flexibility index (Phi) is 4.87. The van der Waals surface area contributed by atoms with Crippen LogP contribution in [0.2, 0.25) is 0 Å². The normalized spacial score (nSPS) is 17.6. The first-order chi connectivity index (χ1) is 11.2. The summed E-state index contributed by atoms with van der Waals surface area (Å²) in [6.45, 7) is 1.22. The molecule has 2 aromatic heterocycles. The molecule has 1 aliphatic rings. The highest BCUT2D eigenvalue weighted by Crippen LogP contribution is 2.18. The highest BCUT2D eigenvalue weighted by atomic mass is 32.1. The molecule has 3 rings (SSSR count). The van der Waals surface area contributed by atoms with Crippen LogP contribution in [0.15, 0.2) is 36.0 Å². The molecule has 1 saturated heterocycles. The van der Waals surface area contributed by atoms with Gasteiger partial charge in [-0.2, -0.15) is 4.98 Å². The number of nitrogens with zero attached hydrogens (tertiary/aromatic N) is 3. The Morgan fingerprint density at radius 2 is 2.30 bits per heavy atom. The molecule has 6 nitrogen and oxygen atoms in total. The number of aromatic nitrogens is 2. The maximum absolute atomic E-state index is 12.2. The first kappa shape index (κ1) is 15.5. The summed E-state index contributed by atoms with van der Waals surface area (Å²) in [4.78, 5) is 23.2. The van der Waals surface area contributed by atoms with Gasteiger partial charge in [0.05, 0.1) is 26.0 Å². The van der Waals surface area contributed by atoms with Crippen molar-refractivity contribution in [1.82, 2.24) is 14.9 Å². The molecule has 120 valence electrons. The molecule has 1 aliphatic heterocycles. The molecule has 1 amide bonds. The highest BCUT2D eigenvalue weighted by molar-refractivity contribution is 7.10. The summed E-state index contributed by atoms with van der Waals surface area (Å²) < 4.78 is 10.8. The Hall–Kier alpha value is -2.41. The van der Waals surface area contributed by atoms with Crippen LogP contribution in [0, 0.1) is 0 Å². The quantitative estimate of drug-likeness (QED) is 0.786. The second-order valence-corrected chi connectivity index (χ2v) is 6.04. The van der Waals surface area contributed by atoms with Crippen molar-refractivity contribution in [3.63, 3.8) is 0 Å². The Morgan fingerprint density at radius 1 is 1.43 bits per heavy atom. The second-order valence-electron chi connectivity index (χ2n) is 5.06. The van der Waals surface area contributed by atoms with Crippen molar-refractivity contribution in [3.05, 3.63) is 40.9 Å². The van der Waals surface area contributed by atoms with Crippen molar-refractivity contribution in [2.24, 2.45) is 0 Å². The van der Waals surface area contributed by atoms with Crippen LogP contribution in [-0.4, -0.2) is 47.1 Å². The smallest absolute Gasteiger partial charge is 0.246 e. The van der Waals surface area contributed by atoms with Gasteiger partial charge >= 0.3 is 0 Å². The summed E-state index contributed by atoms with van der Waals surface area (Å²) in [6, 6.07) is 3.94. The molecule has 2 aromatic rings. The Balaban J connectivity index is 1.54. The zero-order chi connectivity index (χ0) is 16.1. The monoisotopic (exact) mass is 331 g/mol. The number of ether oxygens (including phenoxy) is 2. The van der Waals surface area contributed by atoms with Crippen molar-refractivity contribution in [2.45, 2.75) is 12.5 Å². The van der Waals surface area contributed by atoms with Crippen LogP contribution in [0.3, 0.4) is 0 Å². The largest absolute Gasteiger partial charge is 0.480 e. The van der Waals surface area contributed by atoms with Crippen LogP contribution in [-0.2, 0) is 4.79 Å². The molecule has 0 aromatic carbocycles. The van der Waals surface area contributed by atoms with Gasteiger partial charge in [0.1, 0.15) is 6.10 Å². The van der Waals surface area contributed by atoms with Crippen molar-refractivity contribution in [2.75, 3.05) is 20.2 Å². The molecular weight excluding hydrogens is 314 g/mol. The topological polar surface area (TPSA) is 64.6 Å².